The second kappa shape index (κ2) is 6.56. The van der Waals surface area contributed by atoms with E-state index in [2.05, 4.69) is 5.32 Å². The molecule has 110 valence electrons. The van der Waals surface area contributed by atoms with Crippen LogP contribution in [0.1, 0.15) is 17.9 Å². The summed E-state index contributed by atoms with van der Waals surface area (Å²) in [5.74, 6) is 0.742. The summed E-state index contributed by atoms with van der Waals surface area (Å²) in [5, 5.41) is 12.4. The van der Waals surface area contributed by atoms with Crippen LogP contribution in [0.4, 0.5) is 0 Å². The minimum absolute atomic E-state index is 0.112. The maximum Gasteiger partial charge on any atom is 0.321 e. The van der Waals surface area contributed by atoms with Crippen molar-refractivity contribution in [1.29, 1.82) is 0 Å². The first-order valence-electron chi connectivity index (χ1n) is 6.17. The highest BCUT2D eigenvalue weighted by molar-refractivity contribution is 7.99. The molecule has 0 aromatic heterocycles. The summed E-state index contributed by atoms with van der Waals surface area (Å²) in [5.41, 5.74) is 0.882. The lowest BCUT2D eigenvalue weighted by atomic mass is 10.2. The molecule has 0 bridgehead atoms. The van der Waals surface area contributed by atoms with Gasteiger partial charge in [0.2, 0.25) is 0 Å². The summed E-state index contributed by atoms with van der Waals surface area (Å²) in [6, 6.07) is 3.07. The number of hydrogen-bond donors (Lipinski definition) is 2. The number of rotatable bonds is 5. The van der Waals surface area contributed by atoms with Gasteiger partial charge in [0, 0.05) is 5.75 Å². The molecule has 2 rings (SSSR count). The summed E-state index contributed by atoms with van der Waals surface area (Å²) >= 11 is 7.72. The minimum Gasteiger partial charge on any atom is -0.491 e. The van der Waals surface area contributed by atoms with Crippen molar-refractivity contribution in [1.82, 2.24) is 5.32 Å². The quantitative estimate of drug-likeness (QED) is 0.870. The Kier molecular flexibility index (Phi) is 5.01. The van der Waals surface area contributed by atoms with Gasteiger partial charge in [0.1, 0.15) is 6.04 Å². The molecule has 2 N–H and O–H groups in total. The van der Waals surface area contributed by atoms with Crippen LogP contribution in [0.2, 0.25) is 5.02 Å². The molecule has 0 amide bonds. The molecule has 1 aromatic rings. The molecule has 1 heterocycles. The molecular formula is C13H16ClNO4S. The van der Waals surface area contributed by atoms with Crippen molar-refractivity contribution in [2.75, 3.05) is 19.5 Å². The van der Waals surface area contributed by atoms with Gasteiger partial charge < -0.3 is 14.6 Å². The van der Waals surface area contributed by atoms with Crippen molar-refractivity contribution in [2.24, 2.45) is 0 Å². The van der Waals surface area contributed by atoms with Gasteiger partial charge in [0.15, 0.2) is 11.5 Å². The fourth-order valence-electron chi connectivity index (χ4n) is 2.01. The molecule has 1 aliphatic heterocycles. The van der Waals surface area contributed by atoms with Crippen LogP contribution in [-0.2, 0) is 4.79 Å². The van der Waals surface area contributed by atoms with E-state index < -0.39 is 12.0 Å². The second-order valence-electron chi connectivity index (χ2n) is 4.24. The molecule has 0 radical (unpaired) electrons. The highest BCUT2D eigenvalue weighted by Gasteiger charge is 2.31. The summed E-state index contributed by atoms with van der Waals surface area (Å²) < 4.78 is 10.7. The van der Waals surface area contributed by atoms with Gasteiger partial charge in [-0.2, -0.15) is 0 Å². The highest BCUT2D eigenvalue weighted by atomic mass is 35.5. The summed E-state index contributed by atoms with van der Waals surface area (Å²) in [7, 11) is 1.53. The number of carboxylic acid groups (broad SMARTS) is 1. The normalized spacial score (nSPS) is 21.8. The van der Waals surface area contributed by atoms with Crippen LogP contribution in [0.3, 0.4) is 0 Å². The molecule has 1 aliphatic rings. The zero-order valence-electron chi connectivity index (χ0n) is 11.2. The first-order chi connectivity index (χ1) is 9.56. The molecule has 1 aromatic carbocycles. The monoisotopic (exact) mass is 317 g/mol. The summed E-state index contributed by atoms with van der Waals surface area (Å²) in [6.45, 7) is 2.38. The number of thioether (sulfide) groups is 1. The minimum atomic E-state index is -0.843. The molecule has 7 heteroatoms. The number of ether oxygens (including phenoxy) is 2. The van der Waals surface area contributed by atoms with E-state index in [1.165, 1.54) is 18.9 Å². The van der Waals surface area contributed by atoms with Gasteiger partial charge in [0.25, 0.3) is 0 Å². The standard InChI is InChI=1S/C13H16ClNO4S/c1-3-19-10-5-7(4-8(14)11(10)18-2)12-15-9(6-20-12)13(16)17/h4-5,9,12,15H,3,6H2,1-2H3,(H,16,17). The van der Waals surface area contributed by atoms with Crippen molar-refractivity contribution in [3.63, 3.8) is 0 Å². The fourth-order valence-corrected chi connectivity index (χ4v) is 3.52. The predicted molar refractivity (Wildman–Crippen MR) is 78.9 cm³/mol. The van der Waals surface area contributed by atoms with Crippen LogP contribution in [0.15, 0.2) is 12.1 Å². The van der Waals surface area contributed by atoms with Gasteiger partial charge in [-0.3, -0.25) is 10.1 Å². The molecule has 20 heavy (non-hydrogen) atoms. The van der Waals surface area contributed by atoms with Gasteiger partial charge in [-0.25, -0.2) is 0 Å². The number of halogens is 1. The van der Waals surface area contributed by atoms with E-state index in [4.69, 9.17) is 26.2 Å². The topological polar surface area (TPSA) is 67.8 Å². The number of aliphatic carboxylic acids is 1. The third-order valence-corrected chi connectivity index (χ3v) is 4.47. The smallest absolute Gasteiger partial charge is 0.321 e. The van der Waals surface area contributed by atoms with Gasteiger partial charge >= 0.3 is 5.97 Å². The lowest BCUT2D eigenvalue weighted by Crippen LogP contribution is -2.33. The molecule has 0 aliphatic carbocycles. The van der Waals surface area contributed by atoms with E-state index >= 15 is 0 Å². The zero-order valence-corrected chi connectivity index (χ0v) is 12.8. The van der Waals surface area contributed by atoms with E-state index in [0.717, 1.165) is 5.56 Å². The number of carbonyl (C=O) groups is 1. The third-order valence-electron chi connectivity index (χ3n) is 2.92. The summed E-state index contributed by atoms with van der Waals surface area (Å²) in [6.07, 6.45) is 0. The first-order valence-corrected chi connectivity index (χ1v) is 7.60. The van der Waals surface area contributed by atoms with Crippen molar-refractivity contribution in [3.8, 4) is 11.5 Å². The van der Waals surface area contributed by atoms with E-state index in [1.54, 1.807) is 6.07 Å². The van der Waals surface area contributed by atoms with Crippen molar-refractivity contribution >= 4 is 29.3 Å². The molecular weight excluding hydrogens is 302 g/mol. The van der Waals surface area contributed by atoms with Gasteiger partial charge in [0.05, 0.1) is 24.1 Å². The largest absolute Gasteiger partial charge is 0.491 e. The van der Waals surface area contributed by atoms with Crippen LogP contribution in [0.5, 0.6) is 11.5 Å². The fraction of sp³-hybridized carbons (Fsp3) is 0.462. The Morgan fingerprint density at radius 1 is 1.60 bits per heavy atom. The summed E-state index contributed by atoms with van der Waals surface area (Å²) in [4.78, 5) is 11.0. The van der Waals surface area contributed by atoms with Crippen LogP contribution >= 0.6 is 23.4 Å². The molecule has 5 nitrogen and oxygen atoms in total. The van der Waals surface area contributed by atoms with E-state index in [9.17, 15) is 4.79 Å². The maximum absolute atomic E-state index is 11.0. The third kappa shape index (κ3) is 3.13. The SMILES string of the molecule is CCOc1cc(C2NC(C(=O)O)CS2)cc(Cl)c1OC. The average molecular weight is 318 g/mol. The van der Waals surface area contributed by atoms with E-state index in [1.807, 2.05) is 13.0 Å². The van der Waals surface area contributed by atoms with Crippen molar-refractivity contribution in [2.45, 2.75) is 18.3 Å². The Morgan fingerprint density at radius 3 is 2.90 bits per heavy atom. The predicted octanol–water partition coefficient (Wildman–Crippen LogP) is 2.54. The van der Waals surface area contributed by atoms with Crippen LogP contribution < -0.4 is 14.8 Å². The lowest BCUT2D eigenvalue weighted by Gasteiger charge is -2.16. The molecule has 0 saturated carbocycles. The first kappa shape index (κ1) is 15.3. The van der Waals surface area contributed by atoms with Gasteiger partial charge in [-0.1, -0.05) is 11.6 Å². The number of methoxy groups -OCH3 is 1. The number of nitrogens with one attached hydrogen (secondary N) is 1. The molecule has 2 unspecified atom stereocenters. The number of carboxylic acids is 1. The Hall–Kier alpha value is -1.11. The van der Waals surface area contributed by atoms with Crippen molar-refractivity contribution in [3.05, 3.63) is 22.7 Å². The van der Waals surface area contributed by atoms with E-state index in [-0.39, 0.29) is 5.37 Å². The maximum atomic E-state index is 11.0. The number of benzene rings is 1. The number of hydrogen-bond acceptors (Lipinski definition) is 5. The van der Waals surface area contributed by atoms with Crippen molar-refractivity contribution < 1.29 is 19.4 Å². The van der Waals surface area contributed by atoms with Gasteiger partial charge in [-0.15, -0.1) is 11.8 Å². The molecule has 0 spiro atoms. The molecule has 2 atom stereocenters. The lowest BCUT2D eigenvalue weighted by molar-refractivity contribution is -0.138. The highest BCUT2D eigenvalue weighted by Crippen LogP contribution is 2.41. The van der Waals surface area contributed by atoms with Crippen LogP contribution in [-0.4, -0.2) is 36.6 Å². The Morgan fingerprint density at radius 2 is 2.35 bits per heavy atom. The Balaban J connectivity index is 2.27. The average Bonchev–Trinajstić information content (AvgIpc) is 2.88. The van der Waals surface area contributed by atoms with Gasteiger partial charge in [-0.05, 0) is 24.6 Å². The molecule has 1 fully saturated rings. The van der Waals surface area contributed by atoms with Crippen LogP contribution in [0.25, 0.3) is 0 Å². The van der Waals surface area contributed by atoms with Crippen LogP contribution in [0, 0.1) is 0 Å². The Labute approximate surface area is 126 Å². The Bertz CT molecular complexity index is 511. The molecule has 1 saturated heterocycles. The zero-order chi connectivity index (χ0) is 14.7. The van der Waals surface area contributed by atoms with E-state index in [0.29, 0.717) is 28.9 Å². The second-order valence-corrected chi connectivity index (χ2v) is 5.78.